The summed E-state index contributed by atoms with van der Waals surface area (Å²) in [4.78, 5) is 32.5. The molecule has 1 aliphatic heterocycles. The van der Waals surface area contributed by atoms with Gasteiger partial charge < -0.3 is 15.1 Å². The first-order valence-electron chi connectivity index (χ1n) is 12.5. The van der Waals surface area contributed by atoms with Crippen molar-refractivity contribution in [2.45, 2.75) is 51.1 Å². The Hall–Kier alpha value is -2.38. The Kier molecular flexibility index (Phi) is 8.99. The van der Waals surface area contributed by atoms with Crippen LogP contribution < -0.4 is 5.32 Å². The second kappa shape index (κ2) is 12.4. The quantitative estimate of drug-likeness (QED) is 0.528. The number of benzene rings is 2. The lowest BCUT2D eigenvalue weighted by Gasteiger charge is -2.37. The van der Waals surface area contributed by atoms with Gasteiger partial charge in [-0.15, -0.1) is 0 Å². The molecule has 34 heavy (non-hydrogen) atoms. The third kappa shape index (κ3) is 7.06. The smallest absolute Gasteiger partial charge is 0.322 e. The van der Waals surface area contributed by atoms with E-state index in [2.05, 4.69) is 50.4 Å². The Morgan fingerprint density at radius 1 is 0.941 bits per heavy atom. The van der Waals surface area contributed by atoms with Gasteiger partial charge in [-0.05, 0) is 36.6 Å². The summed E-state index contributed by atoms with van der Waals surface area (Å²) in [6.45, 7) is 4.66. The summed E-state index contributed by atoms with van der Waals surface area (Å²) >= 11 is 3.46. The number of urea groups is 1. The van der Waals surface area contributed by atoms with Crippen molar-refractivity contribution in [3.05, 3.63) is 64.6 Å². The van der Waals surface area contributed by atoms with Gasteiger partial charge in [-0.25, -0.2) is 4.79 Å². The molecule has 1 aliphatic carbocycles. The average Bonchev–Trinajstić information content (AvgIpc) is 2.86. The third-order valence-corrected chi connectivity index (χ3v) is 7.39. The van der Waals surface area contributed by atoms with E-state index in [4.69, 9.17) is 0 Å². The molecule has 0 radical (unpaired) electrons. The van der Waals surface area contributed by atoms with Crippen LogP contribution in [0.4, 0.5) is 10.5 Å². The number of anilines is 1. The van der Waals surface area contributed by atoms with Gasteiger partial charge in [0.15, 0.2) is 0 Å². The Balaban J connectivity index is 1.30. The Labute approximate surface area is 211 Å². The largest absolute Gasteiger partial charge is 0.340 e. The molecule has 7 heteroatoms. The van der Waals surface area contributed by atoms with E-state index in [-0.39, 0.29) is 18.0 Å². The highest BCUT2D eigenvalue weighted by Crippen LogP contribution is 2.24. The monoisotopic (exact) mass is 526 g/mol. The molecule has 0 aromatic heterocycles. The minimum atomic E-state index is -0.106. The maximum Gasteiger partial charge on any atom is 0.322 e. The van der Waals surface area contributed by atoms with E-state index in [1.54, 1.807) is 0 Å². The van der Waals surface area contributed by atoms with Crippen LogP contribution in [0.2, 0.25) is 0 Å². The Morgan fingerprint density at radius 3 is 2.38 bits per heavy atom. The van der Waals surface area contributed by atoms with Crippen molar-refractivity contribution in [1.82, 2.24) is 14.7 Å². The second-order valence-electron chi connectivity index (χ2n) is 9.32. The summed E-state index contributed by atoms with van der Waals surface area (Å²) in [5, 5.41) is 3.04. The Morgan fingerprint density at radius 2 is 1.68 bits per heavy atom. The lowest BCUT2D eigenvalue weighted by atomic mass is 9.94. The molecule has 1 saturated carbocycles. The molecule has 4 rings (SSSR count). The van der Waals surface area contributed by atoms with Crippen LogP contribution in [0, 0.1) is 0 Å². The molecule has 2 aliphatic rings. The van der Waals surface area contributed by atoms with E-state index in [1.807, 2.05) is 40.1 Å². The number of rotatable bonds is 7. The molecule has 3 amide bonds. The van der Waals surface area contributed by atoms with Gasteiger partial charge >= 0.3 is 6.03 Å². The van der Waals surface area contributed by atoms with Gasteiger partial charge in [0, 0.05) is 61.9 Å². The average molecular weight is 528 g/mol. The lowest BCUT2D eigenvalue weighted by molar-refractivity contribution is -0.133. The van der Waals surface area contributed by atoms with Gasteiger partial charge in [0.2, 0.25) is 5.91 Å². The lowest BCUT2D eigenvalue weighted by Crippen LogP contribution is -2.50. The van der Waals surface area contributed by atoms with E-state index >= 15 is 0 Å². The number of piperazine rings is 1. The fourth-order valence-electron chi connectivity index (χ4n) is 4.98. The standard InChI is InChI=1S/C27H35BrN4O2/c28-23-10-7-11-24(20-23)29-27(34)32(25-12-5-2-6-13-25)15-14-26(33)31-18-16-30(17-19-31)21-22-8-3-1-4-9-22/h1,3-4,7-11,20,25H,2,5-6,12-19,21H2,(H,29,34). The summed E-state index contributed by atoms with van der Waals surface area (Å²) in [7, 11) is 0. The second-order valence-corrected chi connectivity index (χ2v) is 10.2. The Bertz CT molecular complexity index is 941. The van der Waals surface area contributed by atoms with Crippen molar-refractivity contribution in [3.63, 3.8) is 0 Å². The van der Waals surface area contributed by atoms with Gasteiger partial charge in [0.05, 0.1) is 0 Å². The zero-order chi connectivity index (χ0) is 23.8. The molecule has 0 spiro atoms. The minimum absolute atomic E-state index is 0.106. The predicted molar refractivity (Wildman–Crippen MR) is 140 cm³/mol. The number of halogens is 1. The third-order valence-electron chi connectivity index (χ3n) is 6.89. The van der Waals surface area contributed by atoms with Crippen LogP contribution in [0.1, 0.15) is 44.1 Å². The van der Waals surface area contributed by atoms with Crippen molar-refractivity contribution >= 4 is 33.6 Å². The van der Waals surface area contributed by atoms with Crippen molar-refractivity contribution in [2.24, 2.45) is 0 Å². The van der Waals surface area contributed by atoms with E-state index in [0.29, 0.717) is 13.0 Å². The molecule has 2 aromatic rings. The first-order chi connectivity index (χ1) is 16.6. The SMILES string of the molecule is O=C(CCN(C(=O)Nc1cccc(Br)c1)C1CCCCC1)N1CCN(Cc2ccccc2)CC1. The maximum absolute atomic E-state index is 13.2. The van der Waals surface area contributed by atoms with E-state index in [9.17, 15) is 9.59 Å². The van der Waals surface area contributed by atoms with Gasteiger partial charge in [-0.3, -0.25) is 9.69 Å². The molecule has 0 unspecified atom stereocenters. The summed E-state index contributed by atoms with van der Waals surface area (Å²) in [5.74, 6) is 0.149. The van der Waals surface area contributed by atoms with Gasteiger partial charge in [0.1, 0.15) is 0 Å². The van der Waals surface area contributed by atoms with E-state index in [0.717, 1.165) is 68.6 Å². The normalized spacial score (nSPS) is 17.4. The zero-order valence-electron chi connectivity index (χ0n) is 19.8. The number of amides is 3. The minimum Gasteiger partial charge on any atom is -0.340 e. The summed E-state index contributed by atoms with van der Waals surface area (Å²) in [6, 6.07) is 18.2. The first kappa shape index (κ1) is 24.7. The zero-order valence-corrected chi connectivity index (χ0v) is 21.4. The number of hydrogen-bond acceptors (Lipinski definition) is 3. The highest BCUT2D eigenvalue weighted by atomic mass is 79.9. The van der Waals surface area contributed by atoms with Crippen LogP contribution in [0.25, 0.3) is 0 Å². The molecular formula is C27H35BrN4O2. The van der Waals surface area contributed by atoms with Crippen LogP contribution in [-0.2, 0) is 11.3 Å². The number of hydrogen-bond donors (Lipinski definition) is 1. The van der Waals surface area contributed by atoms with Gasteiger partial charge in [-0.1, -0.05) is 71.6 Å². The first-order valence-corrected chi connectivity index (χ1v) is 13.2. The van der Waals surface area contributed by atoms with Gasteiger partial charge in [-0.2, -0.15) is 0 Å². The highest BCUT2D eigenvalue weighted by Gasteiger charge is 2.28. The molecule has 1 N–H and O–H groups in total. The molecule has 0 bridgehead atoms. The summed E-state index contributed by atoms with van der Waals surface area (Å²) in [5.41, 5.74) is 2.07. The molecule has 2 aromatic carbocycles. The molecule has 1 heterocycles. The number of carbonyl (C=O) groups excluding carboxylic acids is 2. The van der Waals surface area contributed by atoms with Crippen molar-refractivity contribution in [2.75, 3.05) is 38.0 Å². The molecule has 1 saturated heterocycles. The fourth-order valence-corrected chi connectivity index (χ4v) is 5.37. The van der Waals surface area contributed by atoms with E-state index in [1.165, 1.54) is 12.0 Å². The number of nitrogens with one attached hydrogen (secondary N) is 1. The molecule has 0 atom stereocenters. The van der Waals surface area contributed by atoms with Crippen LogP contribution in [0.5, 0.6) is 0 Å². The summed E-state index contributed by atoms with van der Waals surface area (Å²) < 4.78 is 0.927. The van der Waals surface area contributed by atoms with Crippen molar-refractivity contribution < 1.29 is 9.59 Å². The van der Waals surface area contributed by atoms with Gasteiger partial charge in [0.25, 0.3) is 0 Å². The van der Waals surface area contributed by atoms with Crippen LogP contribution >= 0.6 is 15.9 Å². The molecular weight excluding hydrogens is 492 g/mol. The topological polar surface area (TPSA) is 55.9 Å². The van der Waals surface area contributed by atoms with Crippen LogP contribution in [0.3, 0.4) is 0 Å². The van der Waals surface area contributed by atoms with Crippen molar-refractivity contribution in [1.29, 1.82) is 0 Å². The number of nitrogens with zero attached hydrogens (tertiary/aromatic N) is 3. The molecule has 182 valence electrons. The van der Waals surface area contributed by atoms with Crippen LogP contribution in [0.15, 0.2) is 59.1 Å². The highest BCUT2D eigenvalue weighted by molar-refractivity contribution is 9.10. The van der Waals surface area contributed by atoms with Crippen LogP contribution in [-0.4, -0.2) is 65.4 Å². The predicted octanol–water partition coefficient (Wildman–Crippen LogP) is 5.35. The molecule has 2 fully saturated rings. The maximum atomic E-state index is 13.2. The fraction of sp³-hybridized carbons (Fsp3) is 0.481. The van der Waals surface area contributed by atoms with Crippen molar-refractivity contribution in [3.8, 4) is 0 Å². The van der Waals surface area contributed by atoms with E-state index < -0.39 is 0 Å². The molecule has 6 nitrogen and oxygen atoms in total. The number of carbonyl (C=O) groups is 2. The summed E-state index contributed by atoms with van der Waals surface area (Å²) in [6.07, 6.45) is 5.91.